The first kappa shape index (κ1) is 32.1. The summed E-state index contributed by atoms with van der Waals surface area (Å²) in [6.45, 7) is 15.6. The minimum absolute atomic E-state index is 0.0430. The van der Waals surface area contributed by atoms with E-state index in [9.17, 15) is 19.2 Å². The molecule has 1 atom stereocenters. The lowest BCUT2D eigenvalue weighted by Gasteiger charge is -2.22. The molecule has 0 saturated heterocycles. The van der Waals surface area contributed by atoms with E-state index in [1.165, 1.54) is 6.92 Å². The lowest BCUT2D eigenvalue weighted by Crippen LogP contribution is -2.43. The van der Waals surface area contributed by atoms with Crippen LogP contribution in [0, 0.1) is 5.92 Å². The van der Waals surface area contributed by atoms with Gasteiger partial charge in [-0.2, -0.15) is 0 Å². The van der Waals surface area contributed by atoms with Crippen molar-refractivity contribution >= 4 is 24.5 Å². The molecule has 0 aliphatic carbocycles. The van der Waals surface area contributed by atoms with Gasteiger partial charge in [-0.25, -0.2) is 0 Å². The zero-order valence-electron chi connectivity index (χ0n) is 19.8. The monoisotopic (exact) mass is 429 g/mol. The molecule has 9 nitrogen and oxygen atoms in total. The highest BCUT2D eigenvalue weighted by atomic mass is 16.2. The average Bonchev–Trinajstić information content (AvgIpc) is 2.66. The van der Waals surface area contributed by atoms with Crippen molar-refractivity contribution in [2.24, 2.45) is 11.7 Å². The van der Waals surface area contributed by atoms with Crippen LogP contribution in [-0.2, 0) is 19.2 Å². The number of allylic oxidation sites excluding steroid dienone is 1. The first-order valence-electron chi connectivity index (χ1n) is 10.4. The number of nitrogens with one attached hydrogen (secondary N) is 3. The van der Waals surface area contributed by atoms with E-state index in [0.717, 1.165) is 25.1 Å². The number of carbonyl (C=O) groups excluding carboxylic acids is 4. The molecule has 0 aliphatic heterocycles. The summed E-state index contributed by atoms with van der Waals surface area (Å²) in [4.78, 5) is 43.2. The summed E-state index contributed by atoms with van der Waals surface area (Å²) in [5, 5.41) is 8.10. The molecule has 0 saturated carbocycles. The summed E-state index contributed by atoms with van der Waals surface area (Å²) in [6, 6.07) is 0.165. The Morgan fingerprint density at radius 1 is 1.10 bits per heavy atom. The number of aldehydes is 1. The molecule has 1 unspecified atom stereocenters. The van der Waals surface area contributed by atoms with Crippen molar-refractivity contribution in [2.75, 3.05) is 26.2 Å². The predicted octanol–water partition coefficient (Wildman–Crippen LogP) is 1.14. The van der Waals surface area contributed by atoms with Gasteiger partial charge in [-0.15, -0.1) is 0 Å². The maximum Gasteiger partial charge on any atom is 0.239 e. The van der Waals surface area contributed by atoms with Gasteiger partial charge >= 0.3 is 0 Å². The summed E-state index contributed by atoms with van der Waals surface area (Å²) in [5.74, 6) is 0.449. The van der Waals surface area contributed by atoms with Crippen molar-refractivity contribution in [1.82, 2.24) is 20.9 Å². The molecular weight excluding hydrogens is 386 g/mol. The molecule has 0 heterocycles. The molecule has 30 heavy (non-hydrogen) atoms. The minimum Gasteiger partial charge on any atom is -0.403 e. The van der Waals surface area contributed by atoms with E-state index in [2.05, 4.69) is 29.8 Å². The maximum atomic E-state index is 11.7. The fourth-order valence-electron chi connectivity index (χ4n) is 2.31. The molecular formula is C21H43N5O4. The smallest absolute Gasteiger partial charge is 0.239 e. The highest BCUT2D eigenvalue weighted by Crippen LogP contribution is 2.03. The zero-order chi connectivity index (χ0) is 23.9. The van der Waals surface area contributed by atoms with E-state index in [4.69, 9.17) is 5.73 Å². The first-order valence-corrected chi connectivity index (χ1v) is 10.4. The third-order valence-electron chi connectivity index (χ3n) is 3.50. The van der Waals surface area contributed by atoms with Gasteiger partial charge in [-0.3, -0.25) is 14.4 Å². The normalized spacial score (nSPS) is 11.0. The van der Waals surface area contributed by atoms with Gasteiger partial charge in [0.2, 0.25) is 18.2 Å². The van der Waals surface area contributed by atoms with E-state index in [1.54, 1.807) is 11.1 Å². The molecule has 0 aliphatic rings. The Kier molecular flexibility index (Phi) is 24.3. The molecule has 176 valence electrons. The molecule has 0 aromatic heterocycles. The Balaban J connectivity index is -0.000000459. The van der Waals surface area contributed by atoms with Gasteiger partial charge in [0, 0.05) is 38.0 Å². The van der Waals surface area contributed by atoms with Crippen molar-refractivity contribution in [1.29, 1.82) is 0 Å². The Morgan fingerprint density at radius 3 is 2.00 bits per heavy atom. The van der Waals surface area contributed by atoms with Gasteiger partial charge in [-0.1, -0.05) is 20.8 Å². The second-order valence-electron chi connectivity index (χ2n) is 7.11. The Hall–Kier alpha value is -2.58. The SMILES string of the molecule is CCCN(CC(=O)NC(C)CC(C)C)C(C)=O.CCN/C(C)=C\N.O=CCNC=O. The van der Waals surface area contributed by atoms with Crippen LogP contribution in [0.15, 0.2) is 11.9 Å². The fraction of sp³-hybridized carbons (Fsp3) is 0.714. The van der Waals surface area contributed by atoms with Gasteiger partial charge in [0.25, 0.3) is 0 Å². The van der Waals surface area contributed by atoms with Crippen LogP contribution in [0.25, 0.3) is 0 Å². The van der Waals surface area contributed by atoms with Crippen LogP contribution in [-0.4, -0.2) is 61.6 Å². The summed E-state index contributed by atoms with van der Waals surface area (Å²) < 4.78 is 0. The largest absolute Gasteiger partial charge is 0.403 e. The van der Waals surface area contributed by atoms with Gasteiger partial charge in [0.15, 0.2) is 0 Å². The quantitative estimate of drug-likeness (QED) is 0.272. The number of carbonyl (C=O) groups is 4. The molecule has 0 aromatic carbocycles. The zero-order valence-corrected chi connectivity index (χ0v) is 19.8. The summed E-state index contributed by atoms with van der Waals surface area (Å²) >= 11 is 0. The number of rotatable bonds is 12. The topological polar surface area (TPSA) is 134 Å². The molecule has 0 radical (unpaired) electrons. The van der Waals surface area contributed by atoms with Crippen molar-refractivity contribution in [3.8, 4) is 0 Å². The minimum atomic E-state index is -0.0678. The molecule has 0 spiro atoms. The van der Waals surface area contributed by atoms with Crippen molar-refractivity contribution in [3.63, 3.8) is 0 Å². The highest BCUT2D eigenvalue weighted by molar-refractivity contribution is 5.83. The second kappa shape index (κ2) is 22.7. The fourth-order valence-corrected chi connectivity index (χ4v) is 2.31. The third kappa shape index (κ3) is 25.4. The van der Waals surface area contributed by atoms with Crippen molar-refractivity contribution < 1.29 is 19.2 Å². The standard InChI is InChI=1S/C13H26N2O2.C5H12N2.C3H5NO2/c1-6-7-15(12(5)16)9-13(17)14-11(4)8-10(2)3;1-3-7-5(2)4-6;5-2-1-4-3-6/h10-11H,6-9H2,1-5H3,(H,14,17);4,7H,3,6H2,1-2H3;2-3H,1H2,(H,4,6)/b;5-4-;. The van der Waals surface area contributed by atoms with E-state index >= 15 is 0 Å². The van der Waals surface area contributed by atoms with Gasteiger partial charge in [-0.05, 0) is 39.5 Å². The van der Waals surface area contributed by atoms with Gasteiger partial charge in [0.1, 0.15) is 6.29 Å². The Morgan fingerprint density at radius 2 is 1.70 bits per heavy atom. The lowest BCUT2D eigenvalue weighted by molar-refractivity contribution is -0.134. The highest BCUT2D eigenvalue weighted by Gasteiger charge is 2.14. The molecule has 3 amide bonds. The van der Waals surface area contributed by atoms with Crippen LogP contribution >= 0.6 is 0 Å². The van der Waals surface area contributed by atoms with E-state index in [-0.39, 0.29) is 30.9 Å². The van der Waals surface area contributed by atoms with Crippen molar-refractivity contribution in [2.45, 2.75) is 67.3 Å². The first-order chi connectivity index (χ1) is 14.1. The third-order valence-corrected chi connectivity index (χ3v) is 3.50. The lowest BCUT2D eigenvalue weighted by atomic mass is 10.1. The van der Waals surface area contributed by atoms with Crippen LogP contribution in [0.5, 0.6) is 0 Å². The summed E-state index contributed by atoms with van der Waals surface area (Å²) in [7, 11) is 0. The molecule has 0 fully saturated rings. The van der Waals surface area contributed by atoms with Gasteiger partial charge in [0.05, 0.1) is 13.1 Å². The van der Waals surface area contributed by atoms with Crippen molar-refractivity contribution in [3.05, 3.63) is 11.9 Å². The molecule has 0 aromatic rings. The number of amides is 3. The molecule has 0 rings (SSSR count). The predicted molar refractivity (Wildman–Crippen MR) is 121 cm³/mol. The van der Waals surface area contributed by atoms with Crippen LogP contribution in [0.3, 0.4) is 0 Å². The van der Waals surface area contributed by atoms with Crippen LogP contribution in [0.2, 0.25) is 0 Å². The van der Waals surface area contributed by atoms with Crippen LogP contribution in [0.4, 0.5) is 0 Å². The van der Waals surface area contributed by atoms with Crippen LogP contribution in [0.1, 0.15) is 61.3 Å². The Bertz CT molecular complexity index is 488. The van der Waals surface area contributed by atoms with Gasteiger partial charge < -0.3 is 31.4 Å². The van der Waals surface area contributed by atoms with Crippen LogP contribution < -0.4 is 21.7 Å². The maximum absolute atomic E-state index is 11.7. The number of nitrogens with zero attached hydrogens (tertiary/aromatic N) is 1. The molecule has 0 bridgehead atoms. The summed E-state index contributed by atoms with van der Waals surface area (Å²) in [5.41, 5.74) is 6.16. The second-order valence-corrected chi connectivity index (χ2v) is 7.11. The number of nitrogens with two attached hydrogens (primary N) is 1. The number of hydrogen-bond donors (Lipinski definition) is 4. The summed E-state index contributed by atoms with van der Waals surface area (Å²) in [6.07, 6.45) is 4.49. The van der Waals surface area contributed by atoms with E-state index in [1.807, 2.05) is 27.7 Å². The van der Waals surface area contributed by atoms with E-state index in [0.29, 0.717) is 25.2 Å². The average molecular weight is 430 g/mol. The van der Waals surface area contributed by atoms with E-state index < -0.39 is 0 Å². The molecule has 5 N–H and O–H groups in total. The molecule has 9 heteroatoms. The number of hydrogen-bond acceptors (Lipinski definition) is 6. The Labute approximate surface area is 182 Å².